The van der Waals surface area contributed by atoms with Crippen molar-refractivity contribution in [3.8, 4) is 11.3 Å². The van der Waals surface area contributed by atoms with Gasteiger partial charge in [0.05, 0.1) is 10.7 Å². The highest BCUT2D eigenvalue weighted by Crippen LogP contribution is 2.26. The number of carbonyl (C=O) groups excluding carboxylic acids is 1. The van der Waals surface area contributed by atoms with Crippen LogP contribution in [0.25, 0.3) is 11.3 Å². The number of anilines is 1. The second-order valence-corrected chi connectivity index (χ2v) is 5.51. The number of nitrogens with zero attached hydrogens (tertiary/aromatic N) is 1. The maximum absolute atomic E-state index is 12.9. The Kier molecular flexibility index (Phi) is 4.32. The molecule has 4 nitrogen and oxygen atoms in total. The molecule has 0 aliphatic carbocycles. The summed E-state index contributed by atoms with van der Waals surface area (Å²) < 4.78 is 18.0. The monoisotopic (exact) mass is 350 g/mol. The fourth-order valence-electron chi connectivity index (χ4n) is 1.91. The Bertz CT molecular complexity index is 863. The quantitative estimate of drug-likeness (QED) is 0.719. The first-order valence-electron chi connectivity index (χ1n) is 6.52. The number of rotatable bonds is 3. The fourth-order valence-corrected chi connectivity index (χ4v) is 2.25. The molecule has 0 saturated heterocycles. The molecule has 116 valence electrons. The summed E-state index contributed by atoms with van der Waals surface area (Å²) in [5.41, 5.74) is 1.05. The molecule has 0 saturated carbocycles. The van der Waals surface area contributed by atoms with Crippen LogP contribution in [-0.4, -0.2) is 11.1 Å². The van der Waals surface area contributed by atoms with Gasteiger partial charge in [0.15, 0.2) is 11.5 Å². The summed E-state index contributed by atoms with van der Waals surface area (Å²) in [6.45, 7) is 0. The number of halogens is 3. The van der Waals surface area contributed by atoms with Crippen LogP contribution in [0.1, 0.15) is 10.5 Å². The average Bonchev–Trinajstić information content (AvgIpc) is 3.02. The summed E-state index contributed by atoms with van der Waals surface area (Å²) in [5.74, 6) is -0.500. The molecule has 1 N–H and O–H groups in total. The second kappa shape index (κ2) is 6.40. The first kappa shape index (κ1) is 15.5. The van der Waals surface area contributed by atoms with Crippen molar-refractivity contribution in [1.82, 2.24) is 5.16 Å². The predicted octanol–water partition coefficient (Wildman–Crippen LogP) is 5.04. The molecule has 23 heavy (non-hydrogen) atoms. The highest BCUT2D eigenvalue weighted by Gasteiger charge is 2.15. The number of benzene rings is 2. The predicted molar refractivity (Wildman–Crippen MR) is 86.3 cm³/mol. The van der Waals surface area contributed by atoms with Crippen LogP contribution in [0.4, 0.5) is 10.1 Å². The van der Waals surface area contributed by atoms with Gasteiger partial charge in [0.2, 0.25) is 0 Å². The van der Waals surface area contributed by atoms with E-state index in [1.54, 1.807) is 12.1 Å². The largest absolute Gasteiger partial charge is 0.355 e. The Hall–Kier alpha value is -2.37. The summed E-state index contributed by atoms with van der Waals surface area (Å²) in [5, 5.41) is 7.10. The summed E-state index contributed by atoms with van der Waals surface area (Å²) in [4.78, 5) is 12.2. The van der Waals surface area contributed by atoms with Gasteiger partial charge in [0.1, 0.15) is 5.82 Å². The molecule has 1 heterocycles. The maximum atomic E-state index is 12.9. The highest BCUT2D eigenvalue weighted by atomic mass is 35.5. The van der Waals surface area contributed by atoms with Gasteiger partial charge in [-0.1, -0.05) is 28.4 Å². The van der Waals surface area contributed by atoms with Crippen LogP contribution < -0.4 is 5.32 Å². The lowest BCUT2D eigenvalue weighted by Gasteiger charge is -2.05. The molecule has 1 amide bonds. The first-order chi connectivity index (χ1) is 11.0. The number of nitrogens with one attached hydrogen (secondary N) is 1. The zero-order valence-electron chi connectivity index (χ0n) is 11.5. The zero-order valence-corrected chi connectivity index (χ0v) is 13.0. The van der Waals surface area contributed by atoms with Crippen molar-refractivity contribution in [1.29, 1.82) is 0 Å². The molecule has 0 aliphatic heterocycles. The lowest BCUT2D eigenvalue weighted by molar-refractivity contribution is 0.101. The van der Waals surface area contributed by atoms with E-state index in [2.05, 4.69) is 10.5 Å². The second-order valence-electron chi connectivity index (χ2n) is 4.66. The first-order valence-corrected chi connectivity index (χ1v) is 7.27. The summed E-state index contributed by atoms with van der Waals surface area (Å²) in [6, 6.07) is 11.8. The van der Waals surface area contributed by atoms with E-state index in [4.69, 9.17) is 27.7 Å². The molecule has 0 unspecified atom stereocenters. The SMILES string of the molecule is O=C(Nc1cc(Cl)ccc1Cl)c1cc(-c2ccc(F)cc2)on1. The van der Waals surface area contributed by atoms with E-state index >= 15 is 0 Å². The van der Waals surface area contributed by atoms with Crippen LogP contribution in [-0.2, 0) is 0 Å². The number of carbonyl (C=O) groups is 1. The maximum Gasteiger partial charge on any atom is 0.277 e. The van der Waals surface area contributed by atoms with Crippen molar-refractivity contribution < 1.29 is 13.7 Å². The minimum Gasteiger partial charge on any atom is -0.355 e. The van der Waals surface area contributed by atoms with Crippen molar-refractivity contribution in [2.45, 2.75) is 0 Å². The molecule has 7 heteroatoms. The third-order valence-corrected chi connectivity index (χ3v) is 3.61. The van der Waals surface area contributed by atoms with Crippen molar-refractivity contribution in [3.05, 3.63) is 70.1 Å². The van der Waals surface area contributed by atoms with E-state index in [1.807, 2.05) is 0 Å². The van der Waals surface area contributed by atoms with E-state index in [0.29, 0.717) is 27.1 Å². The van der Waals surface area contributed by atoms with Gasteiger partial charge in [0, 0.05) is 16.7 Å². The van der Waals surface area contributed by atoms with Crippen molar-refractivity contribution in [2.75, 3.05) is 5.32 Å². The van der Waals surface area contributed by atoms with E-state index in [-0.39, 0.29) is 11.5 Å². The van der Waals surface area contributed by atoms with Crippen molar-refractivity contribution >= 4 is 34.8 Å². The Morgan fingerprint density at radius 1 is 1.09 bits per heavy atom. The summed E-state index contributed by atoms with van der Waals surface area (Å²) in [7, 11) is 0. The molecule has 0 atom stereocenters. The Balaban J connectivity index is 1.81. The zero-order chi connectivity index (χ0) is 16.4. The number of hydrogen-bond donors (Lipinski definition) is 1. The molecule has 2 aromatic carbocycles. The van der Waals surface area contributed by atoms with E-state index in [9.17, 15) is 9.18 Å². The van der Waals surface area contributed by atoms with Gasteiger partial charge in [-0.2, -0.15) is 0 Å². The molecule has 0 fully saturated rings. The Morgan fingerprint density at radius 2 is 1.83 bits per heavy atom. The lowest BCUT2D eigenvalue weighted by atomic mass is 10.1. The molecule has 0 radical (unpaired) electrons. The number of hydrogen-bond acceptors (Lipinski definition) is 3. The minimum atomic E-state index is -0.494. The molecular formula is C16H9Cl2FN2O2. The van der Waals surface area contributed by atoms with Crippen LogP contribution in [0.2, 0.25) is 10.0 Å². The van der Waals surface area contributed by atoms with E-state index in [1.165, 1.54) is 36.4 Å². The third-order valence-electron chi connectivity index (χ3n) is 3.05. The molecule has 3 aromatic rings. The molecule has 1 aromatic heterocycles. The molecule has 0 bridgehead atoms. The molecular weight excluding hydrogens is 342 g/mol. The van der Waals surface area contributed by atoms with Crippen LogP contribution in [0, 0.1) is 5.82 Å². The minimum absolute atomic E-state index is 0.0698. The van der Waals surface area contributed by atoms with E-state index < -0.39 is 5.91 Å². The average molecular weight is 351 g/mol. The molecule has 0 aliphatic rings. The topological polar surface area (TPSA) is 55.1 Å². The van der Waals surface area contributed by atoms with Gasteiger partial charge in [-0.3, -0.25) is 4.79 Å². The van der Waals surface area contributed by atoms with Gasteiger partial charge in [-0.25, -0.2) is 4.39 Å². The number of amides is 1. The van der Waals surface area contributed by atoms with Crippen molar-refractivity contribution in [2.24, 2.45) is 0 Å². The third kappa shape index (κ3) is 3.52. The lowest BCUT2D eigenvalue weighted by Crippen LogP contribution is -2.12. The Morgan fingerprint density at radius 3 is 2.57 bits per heavy atom. The van der Waals surface area contributed by atoms with Gasteiger partial charge in [-0.05, 0) is 42.5 Å². The van der Waals surface area contributed by atoms with Crippen LogP contribution in [0.15, 0.2) is 53.1 Å². The fraction of sp³-hybridized carbons (Fsp3) is 0. The van der Waals surface area contributed by atoms with Gasteiger partial charge in [-0.15, -0.1) is 0 Å². The highest BCUT2D eigenvalue weighted by molar-refractivity contribution is 6.35. The number of aromatic nitrogens is 1. The molecule has 0 spiro atoms. The Labute approximate surface area is 140 Å². The van der Waals surface area contributed by atoms with Gasteiger partial charge in [0.25, 0.3) is 5.91 Å². The van der Waals surface area contributed by atoms with Crippen LogP contribution in [0.3, 0.4) is 0 Å². The van der Waals surface area contributed by atoms with Gasteiger partial charge < -0.3 is 9.84 Å². The molecule has 3 rings (SSSR count). The standard InChI is InChI=1S/C16H9Cl2FN2O2/c17-10-3-6-12(18)13(7-10)20-16(22)14-8-15(23-21-14)9-1-4-11(19)5-2-9/h1-8H,(H,20,22). The summed E-state index contributed by atoms with van der Waals surface area (Å²) in [6.07, 6.45) is 0. The summed E-state index contributed by atoms with van der Waals surface area (Å²) >= 11 is 11.9. The van der Waals surface area contributed by atoms with Crippen LogP contribution >= 0.6 is 23.2 Å². The van der Waals surface area contributed by atoms with Crippen LogP contribution in [0.5, 0.6) is 0 Å². The van der Waals surface area contributed by atoms with Crippen molar-refractivity contribution in [3.63, 3.8) is 0 Å². The normalized spacial score (nSPS) is 10.6. The van der Waals surface area contributed by atoms with Gasteiger partial charge >= 0.3 is 0 Å². The smallest absolute Gasteiger partial charge is 0.277 e. The van der Waals surface area contributed by atoms with E-state index in [0.717, 1.165) is 0 Å².